The fraction of sp³-hybridized carbons (Fsp3) is 0.700. The lowest BCUT2D eigenvalue weighted by molar-refractivity contribution is -0.138. The van der Waals surface area contributed by atoms with Gasteiger partial charge in [-0.05, 0) is 45.0 Å². The van der Waals surface area contributed by atoms with E-state index in [2.05, 4.69) is 41.8 Å². The maximum atomic E-state index is 10.5. The van der Waals surface area contributed by atoms with Crippen LogP contribution in [0.15, 0.2) is 24.3 Å². The third-order valence-corrected chi connectivity index (χ3v) is 7.29. The zero-order chi connectivity index (χ0) is 17.2. The summed E-state index contributed by atoms with van der Waals surface area (Å²) < 4.78 is 12.2. The lowest BCUT2D eigenvalue weighted by atomic mass is 9.56. The molecular weight excluding hydrogens is 316 g/mol. The van der Waals surface area contributed by atoms with E-state index in [0.29, 0.717) is 17.9 Å². The first kappa shape index (κ1) is 16.1. The smallest absolute Gasteiger partial charge is 0.160 e. The summed E-state index contributed by atoms with van der Waals surface area (Å²) in [6, 6.07) is 9.07. The van der Waals surface area contributed by atoms with Gasteiger partial charge in [-0.1, -0.05) is 18.2 Å². The second-order valence-corrected chi connectivity index (χ2v) is 8.30. The van der Waals surface area contributed by atoms with Crippen LogP contribution in [0.1, 0.15) is 25.3 Å². The summed E-state index contributed by atoms with van der Waals surface area (Å²) in [5, 5.41) is 17.7. The molecule has 25 heavy (non-hydrogen) atoms. The van der Waals surface area contributed by atoms with Crippen molar-refractivity contribution in [3.63, 3.8) is 0 Å². The van der Waals surface area contributed by atoms with E-state index in [1.807, 2.05) is 7.05 Å². The molecule has 8 atom stereocenters. The molecule has 1 aliphatic carbocycles. The van der Waals surface area contributed by atoms with Crippen LogP contribution in [0.3, 0.4) is 0 Å². The first-order chi connectivity index (χ1) is 12.2. The molecule has 1 aromatic rings. The van der Waals surface area contributed by atoms with Crippen molar-refractivity contribution in [3.05, 3.63) is 29.8 Å². The van der Waals surface area contributed by atoms with E-state index in [1.54, 1.807) is 0 Å². The minimum absolute atomic E-state index is 0.0456. The SMILES string of the molecule is CNCCC12CC3O[C@H](O)[C@@H]4[C@H]3[C@@H](CO[C@@H]4C)[C@@H]1Nc1ccccc12. The number of rotatable bonds is 3. The molecule has 2 saturated heterocycles. The number of aliphatic hydroxyl groups is 1. The van der Waals surface area contributed by atoms with Crippen LogP contribution in [0.25, 0.3) is 0 Å². The number of benzene rings is 1. The van der Waals surface area contributed by atoms with Gasteiger partial charge in [0.2, 0.25) is 0 Å². The highest BCUT2D eigenvalue weighted by atomic mass is 16.6. The standard InChI is InChI=1S/C20H28N2O3/c1-11-16-17-12(10-24-11)18-20(7-8-21-2,9-15(17)25-19(16)23)13-5-3-4-6-14(13)22-18/h3-6,11-12,15-19,21-23H,7-10H2,1-2H3/t11-,12-,15?,16+,17+,18+,19+,20?/m1/s1. The monoisotopic (exact) mass is 344 g/mol. The second-order valence-electron chi connectivity index (χ2n) is 8.30. The maximum absolute atomic E-state index is 10.5. The first-order valence-electron chi connectivity index (χ1n) is 9.61. The molecule has 0 spiro atoms. The fourth-order valence-corrected chi connectivity index (χ4v) is 6.26. The van der Waals surface area contributed by atoms with Crippen molar-refractivity contribution < 1.29 is 14.6 Å². The number of anilines is 1. The Labute approximate surface area is 149 Å². The van der Waals surface area contributed by atoms with Gasteiger partial charge in [-0.2, -0.15) is 0 Å². The van der Waals surface area contributed by atoms with Gasteiger partial charge in [-0.3, -0.25) is 0 Å². The third kappa shape index (κ3) is 2.10. The lowest BCUT2D eigenvalue weighted by Crippen LogP contribution is -2.60. The molecule has 5 nitrogen and oxygen atoms in total. The zero-order valence-corrected chi connectivity index (χ0v) is 14.9. The Morgan fingerprint density at radius 1 is 1.32 bits per heavy atom. The minimum Gasteiger partial charge on any atom is -0.381 e. The van der Waals surface area contributed by atoms with Crippen molar-refractivity contribution in [3.8, 4) is 0 Å². The number of hydrogen-bond donors (Lipinski definition) is 3. The van der Waals surface area contributed by atoms with Crippen molar-refractivity contribution in [2.75, 3.05) is 25.5 Å². The van der Waals surface area contributed by atoms with Crippen LogP contribution >= 0.6 is 0 Å². The van der Waals surface area contributed by atoms with Crippen molar-refractivity contribution in [1.29, 1.82) is 0 Å². The first-order valence-corrected chi connectivity index (χ1v) is 9.61. The molecule has 5 heteroatoms. The van der Waals surface area contributed by atoms with Crippen LogP contribution in [0.5, 0.6) is 0 Å². The maximum Gasteiger partial charge on any atom is 0.160 e. The van der Waals surface area contributed by atoms with Crippen molar-refractivity contribution in [2.24, 2.45) is 17.8 Å². The molecule has 4 aliphatic rings. The number of aliphatic hydroxyl groups excluding tert-OH is 1. The predicted octanol–water partition coefficient (Wildman–Crippen LogP) is 1.72. The number of ether oxygens (including phenoxy) is 2. The fourth-order valence-electron chi connectivity index (χ4n) is 6.26. The summed E-state index contributed by atoms with van der Waals surface area (Å²) in [7, 11) is 2.02. The summed E-state index contributed by atoms with van der Waals surface area (Å²) >= 11 is 0. The Morgan fingerprint density at radius 2 is 2.16 bits per heavy atom. The van der Waals surface area contributed by atoms with Crippen LogP contribution in [0.4, 0.5) is 5.69 Å². The second kappa shape index (κ2) is 5.68. The quantitative estimate of drug-likeness (QED) is 0.779. The van der Waals surface area contributed by atoms with Gasteiger partial charge in [0.05, 0.1) is 18.8 Å². The molecule has 3 heterocycles. The van der Waals surface area contributed by atoms with Crippen LogP contribution in [0, 0.1) is 17.8 Å². The topological polar surface area (TPSA) is 62.8 Å². The van der Waals surface area contributed by atoms with Gasteiger partial charge in [0, 0.05) is 34.9 Å². The van der Waals surface area contributed by atoms with E-state index in [-0.39, 0.29) is 23.5 Å². The molecule has 0 bridgehead atoms. The molecule has 0 radical (unpaired) electrons. The third-order valence-electron chi connectivity index (χ3n) is 7.29. The Hall–Kier alpha value is -1.14. The van der Waals surface area contributed by atoms with E-state index in [1.165, 1.54) is 11.3 Å². The number of fused-ring (bicyclic) bond motifs is 4. The number of hydrogen-bond acceptors (Lipinski definition) is 5. The van der Waals surface area contributed by atoms with Crippen LogP contribution < -0.4 is 10.6 Å². The van der Waals surface area contributed by atoms with E-state index in [4.69, 9.17) is 9.47 Å². The molecule has 5 rings (SSSR count). The summed E-state index contributed by atoms with van der Waals surface area (Å²) in [6.45, 7) is 3.80. The molecule has 0 aromatic heterocycles. The highest BCUT2D eigenvalue weighted by Gasteiger charge is 2.64. The van der Waals surface area contributed by atoms with E-state index in [9.17, 15) is 5.11 Å². The van der Waals surface area contributed by atoms with Gasteiger partial charge in [0.15, 0.2) is 6.29 Å². The van der Waals surface area contributed by atoms with E-state index >= 15 is 0 Å². The molecule has 136 valence electrons. The molecule has 1 saturated carbocycles. The minimum atomic E-state index is -0.691. The van der Waals surface area contributed by atoms with E-state index in [0.717, 1.165) is 26.0 Å². The van der Waals surface area contributed by atoms with E-state index < -0.39 is 6.29 Å². The van der Waals surface area contributed by atoms with Gasteiger partial charge in [-0.15, -0.1) is 0 Å². The predicted molar refractivity (Wildman–Crippen MR) is 95.5 cm³/mol. The molecule has 3 aliphatic heterocycles. The van der Waals surface area contributed by atoms with Gasteiger partial charge >= 0.3 is 0 Å². The Balaban J connectivity index is 1.59. The highest BCUT2D eigenvalue weighted by molar-refractivity contribution is 5.63. The average Bonchev–Trinajstić information content (AvgIpc) is 3.12. The normalized spacial score (nSPS) is 46.9. The summed E-state index contributed by atoms with van der Waals surface area (Å²) in [5.41, 5.74) is 2.72. The average molecular weight is 344 g/mol. The summed E-state index contributed by atoms with van der Waals surface area (Å²) in [4.78, 5) is 0. The number of para-hydroxylation sites is 1. The summed E-state index contributed by atoms with van der Waals surface area (Å²) in [6.07, 6.45) is 1.54. The Morgan fingerprint density at radius 3 is 3.00 bits per heavy atom. The van der Waals surface area contributed by atoms with Gasteiger partial charge in [-0.25, -0.2) is 0 Å². The Kier molecular flexibility index (Phi) is 3.65. The van der Waals surface area contributed by atoms with Crippen molar-refractivity contribution >= 4 is 5.69 Å². The molecule has 2 unspecified atom stereocenters. The molecular formula is C20H28N2O3. The summed E-state index contributed by atoms with van der Waals surface area (Å²) in [5.74, 6) is 0.853. The molecule has 3 fully saturated rings. The molecule has 3 N–H and O–H groups in total. The van der Waals surface area contributed by atoms with Gasteiger partial charge in [0.1, 0.15) is 0 Å². The largest absolute Gasteiger partial charge is 0.381 e. The number of nitrogens with one attached hydrogen (secondary N) is 2. The van der Waals surface area contributed by atoms with Gasteiger partial charge < -0.3 is 25.2 Å². The highest BCUT2D eigenvalue weighted by Crippen LogP contribution is 2.59. The van der Waals surface area contributed by atoms with Crippen LogP contribution in [-0.4, -0.2) is 49.8 Å². The van der Waals surface area contributed by atoms with Crippen LogP contribution in [0.2, 0.25) is 0 Å². The van der Waals surface area contributed by atoms with Crippen molar-refractivity contribution in [1.82, 2.24) is 5.32 Å². The Bertz CT molecular complexity index is 668. The molecule has 1 aromatic carbocycles. The molecule has 0 amide bonds. The van der Waals surface area contributed by atoms with Gasteiger partial charge in [0.25, 0.3) is 0 Å². The van der Waals surface area contributed by atoms with Crippen molar-refractivity contribution in [2.45, 2.75) is 49.7 Å². The zero-order valence-electron chi connectivity index (χ0n) is 14.9. The van der Waals surface area contributed by atoms with Crippen LogP contribution in [-0.2, 0) is 14.9 Å². The lowest BCUT2D eigenvalue weighted by Gasteiger charge is -2.52.